The third-order valence-corrected chi connectivity index (χ3v) is 2.11. The van der Waals surface area contributed by atoms with Crippen molar-refractivity contribution in [2.24, 2.45) is 5.92 Å². The summed E-state index contributed by atoms with van der Waals surface area (Å²) in [6, 6.07) is -1.28. The van der Waals surface area contributed by atoms with Crippen molar-refractivity contribution in [2.45, 2.75) is 38.4 Å². The van der Waals surface area contributed by atoms with Gasteiger partial charge in [-0.25, -0.2) is 0 Å². The molecule has 1 aliphatic rings. The molecule has 0 aromatic rings. The van der Waals surface area contributed by atoms with Gasteiger partial charge in [-0.3, -0.25) is 0 Å². The van der Waals surface area contributed by atoms with Gasteiger partial charge in [0, 0.05) is 0 Å². The smallest absolute Gasteiger partial charge is 0.306 e. The number of halogens is 3. The van der Waals surface area contributed by atoms with E-state index in [0.29, 0.717) is 12.5 Å². The second-order valence-electron chi connectivity index (χ2n) is 3.33. The summed E-state index contributed by atoms with van der Waals surface area (Å²) < 4.78 is 36.7. The molecule has 1 atom stereocenters. The van der Waals surface area contributed by atoms with Crippen LogP contribution in [0.5, 0.6) is 0 Å². The molecule has 1 aliphatic carbocycles. The Bertz CT molecular complexity index is 140. The van der Waals surface area contributed by atoms with Crippen molar-refractivity contribution in [3.05, 3.63) is 0 Å². The largest absolute Gasteiger partial charge is 0.403 e. The van der Waals surface area contributed by atoms with Crippen molar-refractivity contribution >= 4 is 0 Å². The molecule has 0 amide bonds. The van der Waals surface area contributed by atoms with Gasteiger partial charge in [0.15, 0.2) is 0 Å². The van der Waals surface area contributed by atoms with Crippen molar-refractivity contribution in [3.63, 3.8) is 0 Å². The van der Waals surface area contributed by atoms with Crippen molar-refractivity contribution in [1.29, 1.82) is 0 Å². The lowest BCUT2D eigenvalue weighted by Crippen LogP contribution is -2.42. The SMILES string of the molecule is CCNC(CC1CC1)C(F)(F)F. The van der Waals surface area contributed by atoms with Crippen molar-refractivity contribution < 1.29 is 13.2 Å². The van der Waals surface area contributed by atoms with Crippen molar-refractivity contribution in [3.8, 4) is 0 Å². The highest BCUT2D eigenvalue weighted by Gasteiger charge is 2.41. The van der Waals surface area contributed by atoms with Crippen LogP contribution in [-0.2, 0) is 0 Å². The molecule has 0 heterocycles. The van der Waals surface area contributed by atoms with Gasteiger partial charge in [0.05, 0.1) is 0 Å². The normalized spacial score (nSPS) is 21.0. The van der Waals surface area contributed by atoms with E-state index in [1.807, 2.05) is 0 Å². The number of hydrogen-bond acceptors (Lipinski definition) is 1. The molecular weight excluding hydrogens is 167 g/mol. The molecule has 1 N–H and O–H groups in total. The Balaban J connectivity index is 2.35. The zero-order valence-corrected chi connectivity index (χ0v) is 7.12. The van der Waals surface area contributed by atoms with Crippen LogP contribution in [-0.4, -0.2) is 18.8 Å². The Morgan fingerprint density at radius 1 is 1.42 bits per heavy atom. The maximum absolute atomic E-state index is 12.2. The highest BCUT2D eigenvalue weighted by Crippen LogP contribution is 2.37. The average Bonchev–Trinajstić information content (AvgIpc) is 2.68. The maximum Gasteiger partial charge on any atom is 0.403 e. The fourth-order valence-electron chi connectivity index (χ4n) is 1.27. The summed E-state index contributed by atoms with van der Waals surface area (Å²) in [5.74, 6) is 0.315. The minimum absolute atomic E-state index is 0.261. The highest BCUT2D eigenvalue weighted by molar-refractivity contribution is 4.83. The summed E-state index contributed by atoms with van der Waals surface area (Å²) in [5, 5.41) is 2.47. The van der Waals surface area contributed by atoms with Crippen LogP contribution in [0.15, 0.2) is 0 Å². The molecule has 72 valence electrons. The first-order valence-electron chi connectivity index (χ1n) is 4.34. The maximum atomic E-state index is 12.2. The predicted octanol–water partition coefficient (Wildman–Crippen LogP) is 2.33. The van der Waals surface area contributed by atoms with Gasteiger partial charge in [-0.2, -0.15) is 13.2 Å². The van der Waals surface area contributed by atoms with E-state index >= 15 is 0 Å². The zero-order chi connectivity index (χ0) is 9.19. The van der Waals surface area contributed by atoms with Gasteiger partial charge in [-0.1, -0.05) is 19.8 Å². The first-order valence-corrected chi connectivity index (χ1v) is 4.34. The average molecular weight is 181 g/mol. The molecule has 0 radical (unpaired) electrons. The van der Waals surface area contributed by atoms with Crippen LogP contribution in [0.1, 0.15) is 26.2 Å². The first-order chi connectivity index (χ1) is 5.54. The van der Waals surface area contributed by atoms with E-state index in [1.165, 1.54) is 0 Å². The van der Waals surface area contributed by atoms with Gasteiger partial charge in [-0.05, 0) is 18.9 Å². The van der Waals surface area contributed by atoms with Crippen LogP contribution in [0.2, 0.25) is 0 Å². The monoisotopic (exact) mass is 181 g/mol. The topological polar surface area (TPSA) is 12.0 Å². The summed E-state index contributed by atoms with van der Waals surface area (Å²) in [5.41, 5.74) is 0. The predicted molar refractivity (Wildman–Crippen MR) is 40.9 cm³/mol. The quantitative estimate of drug-likeness (QED) is 0.701. The summed E-state index contributed by atoms with van der Waals surface area (Å²) in [4.78, 5) is 0. The molecule has 1 nitrogen and oxygen atoms in total. The second kappa shape index (κ2) is 3.64. The minimum atomic E-state index is -4.07. The molecule has 0 saturated heterocycles. The third-order valence-electron chi connectivity index (χ3n) is 2.11. The molecular formula is C8H14F3N. The highest BCUT2D eigenvalue weighted by atomic mass is 19.4. The number of hydrogen-bond donors (Lipinski definition) is 1. The standard InChI is InChI=1S/C8H14F3N/c1-2-12-7(8(9,10)11)5-6-3-4-6/h6-7,12H,2-5H2,1H3. The van der Waals surface area contributed by atoms with E-state index in [9.17, 15) is 13.2 Å². The van der Waals surface area contributed by atoms with E-state index in [2.05, 4.69) is 5.32 Å². The first kappa shape index (κ1) is 9.84. The molecule has 0 bridgehead atoms. The fraction of sp³-hybridized carbons (Fsp3) is 1.00. The summed E-state index contributed by atoms with van der Waals surface area (Å²) in [7, 11) is 0. The third kappa shape index (κ3) is 3.01. The molecule has 1 rings (SSSR count). The van der Waals surface area contributed by atoms with Crippen LogP contribution >= 0.6 is 0 Å². The summed E-state index contributed by atoms with van der Waals surface area (Å²) >= 11 is 0. The lowest BCUT2D eigenvalue weighted by molar-refractivity contribution is -0.157. The van der Waals surface area contributed by atoms with Gasteiger partial charge in [0.2, 0.25) is 0 Å². The van der Waals surface area contributed by atoms with Crippen LogP contribution < -0.4 is 5.32 Å². The molecule has 1 fully saturated rings. The van der Waals surface area contributed by atoms with E-state index in [1.54, 1.807) is 6.92 Å². The van der Waals surface area contributed by atoms with Gasteiger partial charge in [0.1, 0.15) is 6.04 Å². The molecule has 0 aliphatic heterocycles. The van der Waals surface area contributed by atoms with Crippen LogP contribution in [0, 0.1) is 5.92 Å². The lowest BCUT2D eigenvalue weighted by Gasteiger charge is -2.20. The van der Waals surface area contributed by atoms with E-state index < -0.39 is 12.2 Å². The van der Waals surface area contributed by atoms with Crippen LogP contribution in [0.4, 0.5) is 13.2 Å². The molecule has 0 aromatic carbocycles. The van der Waals surface area contributed by atoms with Crippen molar-refractivity contribution in [1.82, 2.24) is 5.32 Å². The minimum Gasteiger partial charge on any atom is -0.306 e. The molecule has 0 spiro atoms. The van der Waals surface area contributed by atoms with Crippen molar-refractivity contribution in [2.75, 3.05) is 6.54 Å². The Labute approximate surface area is 70.3 Å². The van der Waals surface area contributed by atoms with Crippen LogP contribution in [0.25, 0.3) is 0 Å². The summed E-state index contributed by atoms with van der Waals surface area (Å²) in [6.45, 7) is 2.09. The molecule has 0 aromatic heterocycles. The van der Waals surface area contributed by atoms with Crippen LogP contribution in [0.3, 0.4) is 0 Å². The van der Waals surface area contributed by atoms with Gasteiger partial charge in [-0.15, -0.1) is 0 Å². The second-order valence-corrected chi connectivity index (χ2v) is 3.33. The van der Waals surface area contributed by atoms with E-state index in [4.69, 9.17) is 0 Å². The lowest BCUT2D eigenvalue weighted by atomic mass is 10.1. The molecule has 1 saturated carbocycles. The Morgan fingerprint density at radius 2 is 2.00 bits per heavy atom. The Kier molecular flexibility index (Phi) is 2.99. The summed E-state index contributed by atoms with van der Waals surface area (Å²) in [6.07, 6.45) is -1.87. The molecule has 1 unspecified atom stereocenters. The van der Waals surface area contributed by atoms with E-state index in [0.717, 1.165) is 12.8 Å². The Hall–Kier alpha value is -0.250. The number of rotatable bonds is 4. The van der Waals surface area contributed by atoms with E-state index in [-0.39, 0.29) is 6.42 Å². The Morgan fingerprint density at radius 3 is 2.33 bits per heavy atom. The van der Waals surface area contributed by atoms with Gasteiger partial charge in [0.25, 0.3) is 0 Å². The number of alkyl halides is 3. The van der Waals surface area contributed by atoms with Gasteiger partial charge >= 0.3 is 6.18 Å². The number of nitrogens with one attached hydrogen (secondary N) is 1. The zero-order valence-electron chi connectivity index (χ0n) is 7.12. The molecule has 12 heavy (non-hydrogen) atoms. The van der Waals surface area contributed by atoms with Gasteiger partial charge < -0.3 is 5.32 Å². The molecule has 4 heteroatoms. The fourth-order valence-corrected chi connectivity index (χ4v) is 1.27.